The maximum absolute atomic E-state index is 13.4. The second kappa shape index (κ2) is 7.27. The van der Waals surface area contributed by atoms with Gasteiger partial charge in [0.05, 0.1) is 16.2 Å². The lowest BCUT2D eigenvalue weighted by molar-refractivity contribution is -0.384. The molecule has 0 aliphatic carbocycles. The maximum atomic E-state index is 13.4. The zero-order valence-corrected chi connectivity index (χ0v) is 12.0. The average molecular weight is 336 g/mol. The summed E-state index contributed by atoms with van der Waals surface area (Å²) in [5, 5.41) is 12.6. The van der Waals surface area contributed by atoms with Gasteiger partial charge in [0.15, 0.2) is 6.61 Å². The van der Waals surface area contributed by atoms with E-state index in [1.165, 1.54) is 12.1 Å². The van der Waals surface area contributed by atoms with Crippen LogP contribution in [0, 0.1) is 21.7 Å². The lowest BCUT2D eigenvalue weighted by Crippen LogP contribution is -2.21. The van der Waals surface area contributed by atoms with Crippen molar-refractivity contribution in [2.24, 2.45) is 0 Å². The Morgan fingerprint density at radius 3 is 2.42 bits per heavy atom. The summed E-state index contributed by atoms with van der Waals surface area (Å²) in [6, 6.07) is 7.08. The fourth-order valence-corrected chi connectivity index (χ4v) is 1.71. The molecule has 24 heavy (non-hydrogen) atoms. The number of anilines is 1. The van der Waals surface area contributed by atoms with Gasteiger partial charge in [0.2, 0.25) is 0 Å². The van der Waals surface area contributed by atoms with Gasteiger partial charge in [-0.05, 0) is 24.3 Å². The predicted molar refractivity (Wildman–Crippen MR) is 78.4 cm³/mol. The lowest BCUT2D eigenvalue weighted by Gasteiger charge is -2.07. The van der Waals surface area contributed by atoms with E-state index in [0.29, 0.717) is 0 Å². The summed E-state index contributed by atoms with van der Waals surface area (Å²) in [4.78, 5) is 33.2. The van der Waals surface area contributed by atoms with Gasteiger partial charge >= 0.3 is 5.97 Å². The first-order valence-electron chi connectivity index (χ1n) is 6.53. The van der Waals surface area contributed by atoms with Crippen LogP contribution in [-0.2, 0) is 9.53 Å². The number of carbonyl (C=O) groups is 2. The van der Waals surface area contributed by atoms with E-state index in [1.807, 2.05) is 0 Å². The maximum Gasteiger partial charge on any atom is 0.338 e. The van der Waals surface area contributed by atoms with Gasteiger partial charge < -0.3 is 10.1 Å². The molecule has 124 valence electrons. The molecule has 1 amide bonds. The number of nitro benzene ring substituents is 1. The SMILES string of the molecule is O=C(COC(=O)c1ccc([N+](=O)[O-])cc1)Nc1cc(F)ccc1F. The number of ether oxygens (including phenoxy) is 1. The Morgan fingerprint density at radius 1 is 1.12 bits per heavy atom. The van der Waals surface area contributed by atoms with Crippen molar-refractivity contribution in [3.8, 4) is 0 Å². The number of halogens is 2. The highest BCUT2D eigenvalue weighted by Crippen LogP contribution is 2.15. The highest BCUT2D eigenvalue weighted by Gasteiger charge is 2.14. The molecule has 0 radical (unpaired) electrons. The van der Waals surface area contributed by atoms with Crippen LogP contribution in [0.2, 0.25) is 0 Å². The second-order valence-corrected chi connectivity index (χ2v) is 4.55. The van der Waals surface area contributed by atoms with Crippen LogP contribution in [0.4, 0.5) is 20.2 Å². The summed E-state index contributed by atoms with van der Waals surface area (Å²) >= 11 is 0. The molecule has 0 bridgehead atoms. The van der Waals surface area contributed by atoms with Gasteiger partial charge in [-0.1, -0.05) is 0 Å². The Kier molecular flexibility index (Phi) is 5.15. The van der Waals surface area contributed by atoms with Gasteiger partial charge in [-0.25, -0.2) is 13.6 Å². The van der Waals surface area contributed by atoms with Gasteiger partial charge in [0.1, 0.15) is 11.6 Å². The zero-order chi connectivity index (χ0) is 17.7. The Balaban J connectivity index is 1.92. The van der Waals surface area contributed by atoms with Crippen molar-refractivity contribution in [3.63, 3.8) is 0 Å². The summed E-state index contributed by atoms with van der Waals surface area (Å²) in [5.74, 6) is -3.34. The van der Waals surface area contributed by atoms with Crippen LogP contribution in [-0.4, -0.2) is 23.4 Å². The molecule has 0 atom stereocenters. The molecule has 0 aromatic heterocycles. The number of nitrogens with zero attached hydrogens (tertiary/aromatic N) is 1. The number of hydrogen-bond donors (Lipinski definition) is 1. The van der Waals surface area contributed by atoms with Crippen LogP contribution < -0.4 is 5.32 Å². The van der Waals surface area contributed by atoms with Crippen molar-refractivity contribution < 1.29 is 28.0 Å². The molecule has 9 heteroatoms. The number of rotatable bonds is 5. The van der Waals surface area contributed by atoms with Gasteiger partial charge in [-0.15, -0.1) is 0 Å². The molecule has 0 fully saturated rings. The number of nitro groups is 1. The van der Waals surface area contributed by atoms with E-state index in [-0.39, 0.29) is 16.9 Å². The summed E-state index contributed by atoms with van der Waals surface area (Å²) in [7, 11) is 0. The van der Waals surface area contributed by atoms with Crippen molar-refractivity contribution >= 4 is 23.3 Å². The van der Waals surface area contributed by atoms with Gasteiger partial charge in [0.25, 0.3) is 11.6 Å². The monoisotopic (exact) mass is 336 g/mol. The number of carbonyl (C=O) groups excluding carboxylic acids is 2. The molecule has 0 unspecified atom stereocenters. The topological polar surface area (TPSA) is 98.5 Å². The number of amides is 1. The molecule has 0 saturated heterocycles. The molecule has 0 aliphatic rings. The summed E-state index contributed by atoms with van der Waals surface area (Å²) in [5.41, 5.74) is -0.581. The van der Waals surface area contributed by atoms with Gasteiger partial charge in [0, 0.05) is 18.2 Å². The number of nitrogens with one attached hydrogen (secondary N) is 1. The molecule has 7 nitrogen and oxygen atoms in total. The van der Waals surface area contributed by atoms with Crippen LogP contribution >= 0.6 is 0 Å². The largest absolute Gasteiger partial charge is 0.452 e. The molecule has 0 heterocycles. The van der Waals surface area contributed by atoms with E-state index >= 15 is 0 Å². The van der Waals surface area contributed by atoms with Crippen LogP contribution in [0.5, 0.6) is 0 Å². The fraction of sp³-hybridized carbons (Fsp3) is 0.0667. The first-order chi connectivity index (χ1) is 11.4. The second-order valence-electron chi connectivity index (χ2n) is 4.55. The first kappa shape index (κ1) is 17.0. The third-order valence-corrected chi connectivity index (χ3v) is 2.85. The van der Waals surface area contributed by atoms with E-state index in [1.54, 1.807) is 0 Å². The highest BCUT2D eigenvalue weighted by molar-refractivity contribution is 5.95. The standard InChI is InChI=1S/C15H10F2N2O5/c16-10-3-6-12(17)13(7-10)18-14(20)8-24-15(21)9-1-4-11(5-2-9)19(22)23/h1-7H,8H2,(H,18,20). The van der Waals surface area contributed by atoms with Crippen molar-refractivity contribution in [1.82, 2.24) is 0 Å². The van der Waals surface area contributed by atoms with Crippen molar-refractivity contribution in [1.29, 1.82) is 0 Å². The fourth-order valence-electron chi connectivity index (χ4n) is 1.71. The normalized spacial score (nSPS) is 10.1. The number of non-ortho nitro benzene ring substituents is 1. The smallest absolute Gasteiger partial charge is 0.338 e. The summed E-state index contributed by atoms with van der Waals surface area (Å²) < 4.78 is 31.0. The summed E-state index contributed by atoms with van der Waals surface area (Å²) in [6.07, 6.45) is 0. The minimum atomic E-state index is -0.889. The number of hydrogen-bond acceptors (Lipinski definition) is 5. The van der Waals surface area contributed by atoms with Crippen LogP contribution in [0.3, 0.4) is 0 Å². The molecular formula is C15H10F2N2O5. The third kappa shape index (κ3) is 4.32. The highest BCUT2D eigenvalue weighted by atomic mass is 19.1. The molecule has 2 aromatic rings. The van der Waals surface area contributed by atoms with Gasteiger partial charge in [-0.2, -0.15) is 0 Å². The predicted octanol–water partition coefficient (Wildman–Crippen LogP) is 2.67. The lowest BCUT2D eigenvalue weighted by atomic mass is 10.2. The molecule has 2 aromatic carbocycles. The molecular weight excluding hydrogens is 326 g/mol. The Morgan fingerprint density at radius 2 is 1.79 bits per heavy atom. The minimum Gasteiger partial charge on any atom is -0.452 e. The number of esters is 1. The number of benzene rings is 2. The van der Waals surface area contributed by atoms with Crippen molar-refractivity contribution in [2.45, 2.75) is 0 Å². The Bertz CT molecular complexity index is 793. The minimum absolute atomic E-state index is 0.00494. The van der Waals surface area contributed by atoms with Gasteiger partial charge in [-0.3, -0.25) is 14.9 Å². The Labute approximate surface area is 134 Å². The molecule has 2 rings (SSSR count). The van der Waals surface area contributed by atoms with Crippen LogP contribution in [0.25, 0.3) is 0 Å². The zero-order valence-electron chi connectivity index (χ0n) is 12.0. The van der Waals surface area contributed by atoms with E-state index in [4.69, 9.17) is 4.74 Å². The van der Waals surface area contributed by atoms with E-state index in [9.17, 15) is 28.5 Å². The summed E-state index contributed by atoms with van der Waals surface area (Å²) in [6.45, 7) is -0.730. The third-order valence-electron chi connectivity index (χ3n) is 2.85. The molecule has 0 aliphatic heterocycles. The van der Waals surface area contributed by atoms with Crippen LogP contribution in [0.1, 0.15) is 10.4 Å². The van der Waals surface area contributed by atoms with E-state index in [0.717, 1.165) is 30.3 Å². The van der Waals surface area contributed by atoms with Crippen LogP contribution in [0.15, 0.2) is 42.5 Å². The first-order valence-corrected chi connectivity index (χ1v) is 6.53. The average Bonchev–Trinajstić information content (AvgIpc) is 2.56. The molecule has 0 saturated carbocycles. The van der Waals surface area contributed by atoms with E-state index < -0.39 is 35.0 Å². The molecule has 1 N–H and O–H groups in total. The van der Waals surface area contributed by atoms with Crippen molar-refractivity contribution in [2.75, 3.05) is 11.9 Å². The van der Waals surface area contributed by atoms with E-state index in [2.05, 4.69) is 5.32 Å². The molecule has 0 spiro atoms. The Hall–Kier alpha value is -3.36. The van der Waals surface area contributed by atoms with Crippen molar-refractivity contribution in [3.05, 3.63) is 69.8 Å². The quantitative estimate of drug-likeness (QED) is 0.514.